The number of fused-ring (bicyclic) bond motifs is 12. The molecule has 5 heterocycles. The molecule has 0 radical (unpaired) electrons. The summed E-state index contributed by atoms with van der Waals surface area (Å²) >= 11 is 2.03. The van der Waals surface area contributed by atoms with Gasteiger partial charge in [-0.1, -0.05) is 131 Å². The predicted molar refractivity (Wildman–Crippen MR) is 218 cm³/mol. The van der Waals surface area contributed by atoms with Gasteiger partial charge in [0.25, 0.3) is 0 Å². The zero-order valence-corrected chi connectivity index (χ0v) is 32.3. The highest BCUT2D eigenvalue weighted by atomic mass is 32.2. The topological polar surface area (TPSA) is 17.4 Å². The number of thioether (sulfide) groups is 1. The van der Waals surface area contributed by atoms with E-state index in [1.807, 2.05) is 11.8 Å². The molecule has 0 bridgehead atoms. The summed E-state index contributed by atoms with van der Waals surface area (Å²) in [6.45, 7) is 17.1. The molecule has 5 unspecified atom stereocenters. The number of benzene rings is 2. The Kier molecular flexibility index (Phi) is 6.37. The Morgan fingerprint density at radius 3 is 2.65 bits per heavy atom. The lowest BCUT2D eigenvalue weighted by molar-refractivity contribution is 0.205. The van der Waals surface area contributed by atoms with Crippen molar-refractivity contribution in [2.24, 2.45) is 11.3 Å². The lowest BCUT2D eigenvalue weighted by atomic mass is 9.30. The SMILES string of the molecule is CC1=CC2=C3B(C4=CCC(C(C)(C)C)C=C4N(C4C=CC=C5Oc6ccccc6C54)C3C1)c1cc(C(C)(C)C)cc3c4c(n2c13)SC1=CC=CCC14. The molecule has 3 aromatic rings. The van der Waals surface area contributed by atoms with Crippen LogP contribution in [-0.4, -0.2) is 28.3 Å². The Bertz CT molecular complexity index is 2410. The van der Waals surface area contributed by atoms with Gasteiger partial charge in [0.05, 0.1) is 17.0 Å². The number of aromatic nitrogens is 1. The number of allylic oxidation sites excluding steroid dienone is 11. The van der Waals surface area contributed by atoms with E-state index in [0.717, 1.165) is 30.8 Å². The fourth-order valence-electron chi connectivity index (χ4n) is 10.7. The summed E-state index contributed by atoms with van der Waals surface area (Å²) in [7, 11) is 0. The maximum absolute atomic E-state index is 6.60. The number of para-hydroxylation sites is 1. The molecule has 1 aromatic heterocycles. The van der Waals surface area contributed by atoms with Crippen LogP contribution in [0.5, 0.6) is 5.75 Å². The average molecular weight is 699 g/mol. The average Bonchev–Trinajstić information content (AvgIpc) is 3.78. The van der Waals surface area contributed by atoms with Crippen LogP contribution < -0.4 is 10.2 Å². The van der Waals surface area contributed by atoms with Gasteiger partial charge < -0.3 is 14.2 Å². The van der Waals surface area contributed by atoms with Gasteiger partial charge in [0.1, 0.15) is 11.5 Å². The minimum absolute atomic E-state index is 0.0385. The Morgan fingerprint density at radius 2 is 1.83 bits per heavy atom. The summed E-state index contributed by atoms with van der Waals surface area (Å²) in [5.41, 5.74) is 15.0. The Hall–Kier alpha value is -4.09. The summed E-state index contributed by atoms with van der Waals surface area (Å²) in [4.78, 5) is 4.39. The number of hydrogen-bond donors (Lipinski definition) is 0. The van der Waals surface area contributed by atoms with Crippen molar-refractivity contribution in [1.29, 1.82) is 0 Å². The fourth-order valence-corrected chi connectivity index (χ4v) is 12.1. The van der Waals surface area contributed by atoms with Crippen molar-refractivity contribution in [3.8, 4) is 5.75 Å². The molecule has 0 saturated carbocycles. The van der Waals surface area contributed by atoms with Gasteiger partial charge in [-0.2, -0.15) is 0 Å². The van der Waals surface area contributed by atoms with Crippen LogP contribution in [0.2, 0.25) is 0 Å². The summed E-state index contributed by atoms with van der Waals surface area (Å²) in [5, 5.41) is 2.93. The van der Waals surface area contributed by atoms with Gasteiger partial charge in [-0.05, 0) is 88.6 Å². The van der Waals surface area contributed by atoms with E-state index in [1.54, 1.807) is 11.0 Å². The standard InChI is InChI=1S/C47H47BN2OS/c1-26-21-36-43-37(22-26)50-44-31(41-30-14-9-11-18-40(30)52-45(41)50)23-28(47(5,6)7)24-33(44)48(43)32-20-19-27(46(2,3)4)25-35(32)49(36)34-15-12-17-39-42(34)29-13-8-10-16-38(29)51-39/h8-13,15-18,20,22-25,27,30,34,36,42H,14,19,21H2,1-7H3. The second-order valence-electron chi connectivity index (χ2n) is 18.5. The van der Waals surface area contributed by atoms with Crippen LogP contribution in [0, 0.1) is 11.3 Å². The Morgan fingerprint density at radius 1 is 0.981 bits per heavy atom. The fraction of sp³-hybridized carbons (Fsp3) is 0.362. The van der Waals surface area contributed by atoms with E-state index in [4.69, 9.17) is 4.74 Å². The number of rotatable bonds is 1. The molecule has 5 heteroatoms. The molecule has 1 fully saturated rings. The zero-order chi connectivity index (χ0) is 35.4. The number of ether oxygens (including phenoxy) is 1. The van der Waals surface area contributed by atoms with Crippen molar-refractivity contribution in [2.45, 2.75) is 102 Å². The quantitative estimate of drug-likeness (QED) is 0.236. The van der Waals surface area contributed by atoms with Gasteiger partial charge in [-0.3, -0.25) is 0 Å². The molecule has 3 nitrogen and oxygen atoms in total. The second-order valence-corrected chi connectivity index (χ2v) is 19.6. The van der Waals surface area contributed by atoms with E-state index < -0.39 is 0 Å². The molecular weight excluding hydrogens is 651 g/mol. The molecule has 0 N–H and O–H groups in total. The van der Waals surface area contributed by atoms with Gasteiger partial charge >= 0.3 is 0 Å². The molecular formula is C47H47BN2OS. The molecule has 4 aliphatic heterocycles. The third kappa shape index (κ3) is 4.18. The van der Waals surface area contributed by atoms with Crippen molar-refractivity contribution in [3.63, 3.8) is 0 Å². The third-order valence-corrected chi connectivity index (χ3v) is 14.6. The normalized spacial score (nSPS) is 27.8. The van der Waals surface area contributed by atoms with E-state index in [9.17, 15) is 0 Å². The van der Waals surface area contributed by atoms with Crippen LogP contribution in [0.3, 0.4) is 0 Å². The number of hydrogen-bond acceptors (Lipinski definition) is 3. The molecule has 2 aromatic carbocycles. The lowest BCUT2D eigenvalue weighted by Crippen LogP contribution is -2.59. The van der Waals surface area contributed by atoms with Crippen molar-refractivity contribution in [2.75, 3.05) is 0 Å². The summed E-state index contributed by atoms with van der Waals surface area (Å²) in [5.74, 6) is 3.16. The summed E-state index contributed by atoms with van der Waals surface area (Å²) in [6.07, 6.45) is 25.1. The van der Waals surface area contributed by atoms with E-state index in [2.05, 4.69) is 149 Å². The maximum atomic E-state index is 6.60. The van der Waals surface area contributed by atoms with E-state index in [1.165, 1.54) is 59.9 Å². The van der Waals surface area contributed by atoms with Crippen molar-refractivity contribution >= 4 is 40.5 Å². The molecule has 260 valence electrons. The predicted octanol–water partition coefficient (Wildman–Crippen LogP) is 10.9. The molecule has 52 heavy (non-hydrogen) atoms. The molecule has 4 aliphatic carbocycles. The molecule has 1 saturated heterocycles. The third-order valence-electron chi connectivity index (χ3n) is 13.3. The van der Waals surface area contributed by atoms with Crippen LogP contribution in [0.25, 0.3) is 16.6 Å². The maximum Gasteiger partial charge on any atom is 0.247 e. The van der Waals surface area contributed by atoms with Crippen LogP contribution in [0.1, 0.15) is 96.3 Å². The minimum atomic E-state index is 0.0385. The first-order valence-corrected chi connectivity index (χ1v) is 20.3. The molecule has 0 amide bonds. The largest absolute Gasteiger partial charge is 0.461 e. The summed E-state index contributed by atoms with van der Waals surface area (Å²) < 4.78 is 9.34. The lowest BCUT2D eigenvalue weighted by Gasteiger charge is -2.54. The van der Waals surface area contributed by atoms with Crippen LogP contribution in [0.15, 0.2) is 129 Å². The first-order valence-electron chi connectivity index (χ1n) is 19.5. The second kappa shape index (κ2) is 10.5. The molecule has 0 spiro atoms. The zero-order valence-electron chi connectivity index (χ0n) is 31.5. The number of nitrogens with zero attached hydrogens (tertiary/aromatic N) is 2. The summed E-state index contributed by atoms with van der Waals surface area (Å²) in [6, 6.07) is 14.3. The highest BCUT2D eigenvalue weighted by Crippen LogP contribution is 2.59. The van der Waals surface area contributed by atoms with E-state index in [-0.39, 0.29) is 35.5 Å². The van der Waals surface area contributed by atoms with Gasteiger partial charge in [0.2, 0.25) is 6.71 Å². The highest BCUT2D eigenvalue weighted by molar-refractivity contribution is 8.03. The van der Waals surface area contributed by atoms with Gasteiger partial charge in [0, 0.05) is 45.4 Å². The minimum Gasteiger partial charge on any atom is -0.461 e. The first kappa shape index (κ1) is 31.4. The van der Waals surface area contributed by atoms with Gasteiger partial charge in [-0.25, -0.2) is 0 Å². The van der Waals surface area contributed by atoms with E-state index in [0.29, 0.717) is 11.8 Å². The molecule has 5 atom stereocenters. The highest BCUT2D eigenvalue weighted by Gasteiger charge is 2.54. The Labute approximate surface area is 313 Å². The Balaban J connectivity index is 1.20. The van der Waals surface area contributed by atoms with Crippen molar-refractivity contribution < 1.29 is 4.74 Å². The van der Waals surface area contributed by atoms with Crippen molar-refractivity contribution in [3.05, 3.63) is 141 Å². The molecule has 8 aliphatic rings. The van der Waals surface area contributed by atoms with Crippen LogP contribution >= 0.6 is 11.8 Å². The van der Waals surface area contributed by atoms with Gasteiger partial charge in [0.15, 0.2) is 0 Å². The van der Waals surface area contributed by atoms with Crippen LogP contribution in [-0.2, 0) is 5.41 Å². The van der Waals surface area contributed by atoms with Crippen molar-refractivity contribution in [1.82, 2.24) is 9.47 Å². The monoisotopic (exact) mass is 698 g/mol. The smallest absolute Gasteiger partial charge is 0.247 e. The van der Waals surface area contributed by atoms with Gasteiger partial charge in [-0.15, -0.1) is 0 Å². The first-order chi connectivity index (χ1) is 25.0. The van der Waals surface area contributed by atoms with Crippen LogP contribution in [0.4, 0.5) is 0 Å². The van der Waals surface area contributed by atoms with E-state index >= 15 is 0 Å². The molecule has 11 rings (SSSR count).